The van der Waals surface area contributed by atoms with E-state index in [2.05, 4.69) is 5.32 Å². The lowest BCUT2D eigenvalue weighted by Gasteiger charge is -2.13. The number of carbonyl (C=O) groups is 1. The Hall–Kier alpha value is -4.06. The highest BCUT2D eigenvalue weighted by Crippen LogP contribution is 2.28. The lowest BCUT2D eigenvalue weighted by atomic mass is 9.99. The van der Waals surface area contributed by atoms with Gasteiger partial charge in [-0.25, -0.2) is 4.98 Å². The van der Waals surface area contributed by atoms with Crippen LogP contribution >= 0.6 is 0 Å². The molecule has 0 spiro atoms. The molecule has 0 fully saturated rings. The zero-order valence-corrected chi connectivity index (χ0v) is 16.5. The molecule has 4 rings (SSSR count). The Balaban J connectivity index is 1.81. The topological polar surface area (TPSA) is 85.1 Å². The first kappa shape index (κ1) is 19.3. The Labute approximate surface area is 173 Å². The quantitative estimate of drug-likeness (QED) is 0.355. The van der Waals surface area contributed by atoms with Gasteiger partial charge in [-0.3, -0.25) is 14.9 Å². The average molecular weight is 397 g/mol. The van der Waals surface area contributed by atoms with Crippen molar-refractivity contribution in [2.75, 3.05) is 5.32 Å². The number of carbonyl (C=O) groups excluding carboxylic acids is 1. The molecule has 1 amide bonds. The second-order valence-electron chi connectivity index (χ2n) is 7.16. The molecule has 4 aromatic rings. The van der Waals surface area contributed by atoms with Gasteiger partial charge in [0.15, 0.2) is 0 Å². The fourth-order valence-corrected chi connectivity index (χ4v) is 3.49. The lowest BCUT2D eigenvalue weighted by Crippen LogP contribution is -2.13. The van der Waals surface area contributed by atoms with Gasteiger partial charge in [-0.15, -0.1) is 0 Å². The zero-order valence-electron chi connectivity index (χ0n) is 16.5. The van der Waals surface area contributed by atoms with E-state index in [-0.39, 0.29) is 11.6 Å². The smallest absolute Gasteiger partial charge is 0.269 e. The van der Waals surface area contributed by atoms with Crippen LogP contribution < -0.4 is 5.32 Å². The standard InChI is InChI=1S/C24H19N3O3/c1-15-12-16(2)23-20(13-15)21(14-22(26-23)17-6-4-3-5-7-17)24(28)25-18-8-10-19(11-9-18)27(29)30/h3-14H,1-2H3,(H,25,28). The number of hydrogen-bond acceptors (Lipinski definition) is 4. The van der Waals surface area contributed by atoms with Gasteiger partial charge in [-0.2, -0.15) is 0 Å². The van der Waals surface area contributed by atoms with Gasteiger partial charge in [0.25, 0.3) is 11.6 Å². The van der Waals surface area contributed by atoms with Gasteiger partial charge >= 0.3 is 0 Å². The molecule has 0 aliphatic rings. The van der Waals surface area contributed by atoms with Gasteiger partial charge in [0, 0.05) is 28.8 Å². The van der Waals surface area contributed by atoms with Crippen molar-refractivity contribution in [2.24, 2.45) is 0 Å². The van der Waals surface area contributed by atoms with E-state index in [9.17, 15) is 14.9 Å². The molecule has 0 aliphatic carbocycles. The molecule has 6 nitrogen and oxygen atoms in total. The predicted molar refractivity (Wildman–Crippen MR) is 118 cm³/mol. The Bertz CT molecular complexity index is 1270. The second kappa shape index (κ2) is 7.75. The van der Waals surface area contributed by atoms with Crippen molar-refractivity contribution >= 4 is 28.2 Å². The van der Waals surface area contributed by atoms with Crippen molar-refractivity contribution in [1.82, 2.24) is 4.98 Å². The number of rotatable bonds is 4. The molecule has 0 atom stereocenters. The third-order valence-corrected chi connectivity index (χ3v) is 4.90. The fourth-order valence-electron chi connectivity index (χ4n) is 3.49. The van der Waals surface area contributed by atoms with Gasteiger partial charge < -0.3 is 5.32 Å². The van der Waals surface area contributed by atoms with Crippen LogP contribution in [0.1, 0.15) is 21.5 Å². The molecular weight excluding hydrogens is 378 g/mol. The number of nitro benzene ring substituents is 1. The summed E-state index contributed by atoms with van der Waals surface area (Å²) in [6.45, 7) is 3.96. The van der Waals surface area contributed by atoms with Crippen LogP contribution in [0.2, 0.25) is 0 Å². The summed E-state index contributed by atoms with van der Waals surface area (Å²) in [5.41, 5.74) is 5.40. The van der Waals surface area contributed by atoms with E-state index in [4.69, 9.17) is 4.98 Å². The molecule has 3 aromatic carbocycles. The largest absolute Gasteiger partial charge is 0.322 e. The van der Waals surface area contributed by atoms with Crippen LogP contribution in [0.15, 0.2) is 72.8 Å². The Morgan fingerprint density at radius 3 is 2.33 bits per heavy atom. The van der Waals surface area contributed by atoms with E-state index >= 15 is 0 Å². The number of nitrogens with one attached hydrogen (secondary N) is 1. The highest BCUT2D eigenvalue weighted by Gasteiger charge is 2.16. The molecule has 6 heteroatoms. The van der Waals surface area contributed by atoms with E-state index in [1.807, 2.05) is 56.3 Å². The monoisotopic (exact) mass is 397 g/mol. The van der Waals surface area contributed by atoms with Crippen molar-refractivity contribution in [3.63, 3.8) is 0 Å². The molecule has 0 saturated carbocycles. The van der Waals surface area contributed by atoms with Crippen molar-refractivity contribution in [3.05, 3.63) is 99.6 Å². The molecule has 1 heterocycles. The summed E-state index contributed by atoms with van der Waals surface area (Å²) in [4.78, 5) is 28.4. The number of aromatic nitrogens is 1. The molecule has 0 unspecified atom stereocenters. The maximum Gasteiger partial charge on any atom is 0.269 e. The van der Waals surface area contributed by atoms with Gasteiger partial charge in [-0.05, 0) is 43.7 Å². The first-order chi connectivity index (χ1) is 14.4. The van der Waals surface area contributed by atoms with Crippen LogP contribution in [0, 0.1) is 24.0 Å². The van der Waals surface area contributed by atoms with Crippen molar-refractivity contribution in [1.29, 1.82) is 0 Å². The van der Waals surface area contributed by atoms with Gasteiger partial charge in [0.1, 0.15) is 0 Å². The molecule has 0 bridgehead atoms. The molecule has 0 aliphatic heterocycles. The van der Waals surface area contributed by atoms with Gasteiger partial charge in [0.05, 0.1) is 21.7 Å². The molecule has 148 valence electrons. The molecule has 0 saturated heterocycles. The summed E-state index contributed by atoms with van der Waals surface area (Å²) in [6, 6.07) is 21.3. The SMILES string of the molecule is Cc1cc(C)c2nc(-c3ccccc3)cc(C(=O)Nc3ccc([N+](=O)[O-])cc3)c2c1. The second-order valence-corrected chi connectivity index (χ2v) is 7.16. The number of pyridine rings is 1. The van der Waals surface area contributed by atoms with Crippen molar-refractivity contribution < 1.29 is 9.72 Å². The fraction of sp³-hybridized carbons (Fsp3) is 0.0833. The van der Waals surface area contributed by atoms with Crippen LogP contribution in [0.3, 0.4) is 0 Å². The van der Waals surface area contributed by atoms with E-state index in [0.717, 1.165) is 27.6 Å². The minimum Gasteiger partial charge on any atom is -0.322 e. The minimum atomic E-state index is -0.473. The third-order valence-electron chi connectivity index (χ3n) is 4.90. The Morgan fingerprint density at radius 2 is 1.67 bits per heavy atom. The molecule has 1 N–H and O–H groups in total. The molecule has 30 heavy (non-hydrogen) atoms. The number of fused-ring (bicyclic) bond motifs is 1. The summed E-state index contributed by atoms with van der Waals surface area (Å²) < 4.78 is 0. The summed E-state index contributed by atoms with van der Waals surface area (Å²) in [5.74, 6) is -0.293. The predicted octanol–water partition coefficient (Wildman–Crippen LogP) is 5.68. The number of nitro groups is 1. The van der Waals surface area contributed by atoms with Crippen LogP contribution in [0.4, 0.5) is 11.4 Å². The molecule has 1 aromatic heterocycles. The Kier molecular flexibility index (Phi) is 4.98. The minimum absolute atomic E-state index is 0.0278. The highest BCUT2D eigenvalue weighted by molar-refractivity contribution is 6.13. The normalized spacial score (nSPS) is 10.7. The van der Waals surface area contributed by atoms with E-state index < -0.39 is 4.92 Å². The van der Waals surface area contributed by atoms with E-state index in [1.54, 1.807) is 6.07 Å². The Morgan fingerprint density at radius 1 is 0.967 bits per heavy atom. The maximum atomic E-state index is 13.2. The summed E-state index contributed by atoms with van der Waals surface area (Å²) in [5, 5.41) is 14.5. The third kappa shape index (κ3) is 3.75. The van der Waals surface area contributed by atoms with Crippen molar-refractivity contribution in [3.8, 4) is 11.3 Å². The number of aryl methyl sites for hydroxylation is 2. The summed E-state index contributed by atoms with van der Waals surface area (Å²) in [7, 11) is 0. The zero-order chi connectivity index (χ0) is 21.3. The number of benzene rings is 3. The number of amides is 1. The average Bonchev–Trinajstić information content (AvgIpc) is 2.74. The van der Waals surface area contributed by atoms with Gasteiger partial charge in [-0.1, -0.05) is 42.0 Å². The highest BCUT2D eigenvalue weighted by atomic mass is 16.6. The van der Waals surface area contributed by atoms with Crippen LogP contribution in [0.5, 0.6) is 0 Å². The molecule has 0 radical (unpaired) electrons. The first-order valence-corrected chi connectivity index (χ1v) is 9.45. The van der Waals surface area contributed by atoms with E-state index in [1.165, 1.54) is 24.3 Å². The van der Waals surface area contributed by atoms with Gasteiger partial charge in [0.2, 0.25) is 0 Å². The number of non-ortho nitro benzene ring substituents is 1. The number of hydrogen-bond donors (Lipinski definition) is 1. The van der Waals surface area contributed by atoms with Crippen LogP contribution in [-0.4, -0.2) is 15.8 Å². The lowest BCUT2D eigenvalue weighted by molar-refractivity contribution is -0.384. The van der Waals surface area contributed by atoms with Crippen molar-refractivity contribution in [2.45, 2.75) is 13.8 Å². The van der Waals surface area contributed by atoms with Crippen LogP contribution in [0.25, 0.3) is 22.2 Å². The number of anilines is 1. The molecular formula is C24H19N3O3. The summed E-state index contributed by atoms with van der Waals surface area (Å²) >= 11 is 0. The van der Waals surface area contributed by atoms with Crippen LogP contribution in [-0.2, 0) is 0 Å². The first-order valence-electron chi connectivity index (χ1n) is 9.45. The summed E-state index contributed by atoms with van der Waals surface area (Å²) in [6.07, 6.45) is 0. The maximum absolute atomic E-state index is 13.2. The number of nitrogens with zero attached hydrogens (tertiary/aromatic N) is 2. The van der Waals surface area contributed by atoms with E-state index in [0.29, 0.717) is 16.9 Å².